The van der Waals surface area contributed by atoms with E-state index in [4.69, 9.17) is 4.74 Å². The predicted octanol–water partition coefficient (Wildman–Crippen LogP) is 2.78. The second-order valence-electron chi connectivity index (χ2n) is 3.20. The minimum absolute atomic E-state index is 0.269. The second-order valence-corrected chi connectivity index (χ2v) is 3.20. The summed E-state index contributed by atoms with van der Waals surface area (Å²) in [5.41, 5.74) is 2.82. The van der Waals surface area contributed by atoms with Gasteiger partial charge in [0.15, 0.2) is 12.0 Å². The Bertz CT molecular complexity index is 467. The molecule has 74 valence electrons. The van der Waals surface area contributed by atoms with E-state index >= 15 is 0 Å². The van der Waals surface area contributed by atoms with E-state index in [1.54, 1.807) is 6.08 Å². The van der Waals surface area contributed by atoms with Crippen molar-refractivity contribution >= 4 is 17.9 Å². The molecule has 2 nitrogen and oxygen atoms in total. The van der Waals surface area contributed by atoms with Crippen LogP contribution in [0.1, 0.15) is 11.1 Å². The van der Waals surface area contributed by atoms with Crippen LogP contribution >= 0.6 is 0 Å². The van der Waals surface area contributed by atoms with Crippen LogP contribution in [0.25, 0.3) is 11.6 Å². The Kier molecular flexibility index (Phi) is 2.50. The molecule has 0 aliphatic carbocycles. The lowest BCUT2D eigenvalue weighted by molar-refractivity contribution is -0.107. The van der Waals surface area contributed by atoms with Gasteiger partial charge >= 0.3 is 0 Å². The first-order chi connectivity index (χ1) is 7.31. The average Bonchev–Trinajstić information content (AvgIpc) is 2.25. The van der Waals surface area contributed by atoms with Crippen molar-refractivity contribution in [1.29, 1.82) is 0 Å². The molecule has 1 aromatic rings. The molecule has 0 fully saturated rings. The monoisotopic (exact) mass is 198 g/mol. The molecule has 1 aliphatic rings. The zero-order valence-corrected chi connectivity index (χ0v) is 8.14. The van der Waals surface area contributed by atoms with E-state index in [-0.39, 0.29) is 5.76 Å². The average molecular weight is 198 g/mol. The predicted molar refractivity (Wildman–Crippen MR) is 59.7 cm³/mol. The van der Waals surface area contributed by atoms with E-state index in [0.717, 1.165) is 16.7 Å². The Morgan fingerprint density at radius 1 is 1.27 bits per heavy atom. The summed E-state index contributed by atoms with van der Waals surface area (Å²) in [5.74, 6) is 0.269. The topological polar surface area (TPSA) is 26.3 Å². The van der Waals surface area contributed by atoms with Gasteiger partial charge < -0.3 is 4.74 Å². The molecule has 0 spiro atoms. The molecule has 2 heteroatoms. The van der Waals surface area contributed by atoms with Gasteiger partial charge in [0.1, 0.15) is 0 Å². The molecule has 2 rings (SSSR count). The first kappa shape index (κ1) is 9.46. The first-order valence-corrected chi connectivity index (χ1v) is 4.59. The molecular weight excluding hydrogens is 188 g/mol. The fourth-order valence-electron chi connectivity index (χ4n) is 1.47. The van der Waals surface area contributed by atoms with Crippen LogP contribution in [0.3, 0.4) is 0 Å². The van der Waals surface area contributed by atoms with Crippen LogP contribution in [0, 0.1) is 0 Å². The Hall–Kier alpha value is -2.09. The first-order valence-electron chi connectivity index (χ1n) is 4.59. The summed E-state index contributed by atoms with van der Waals surface area (Å²) in [4.78, 5) is 10.6. The Morgan fingerprint density at radius 3 is 2.87 bits per heavy atom. The van der Waals surface area contributed by atoms with Gasteiger partial charge in [-0.2, -0.15) is 0 Å². The summed E-state index contributed by atoms with van der Waals surface area (Å²) in [6.45, 7) is 3.91. The molecule has 0 N–H and O–H groups in total. The van der Waals surface area contributed by atoms with E-state index in [1.165, 1.54) is 6.26 Å². The highest BCUT2D eigenvalue weighted by molar-refractivity contribution is 5.84. The zero-order chi connectivity index (χ0) is 10.7. The molecule has 0 saturated carbocycles. The number of rotatable bonds is 1. The Morgan fingerprint density at radius 2 is 2.07 bits per heavy atom. The van der Waals surface area contributed by atoms with Crippen molar-refractivity contribution in [3.8, 4) is 0 Å². The maximum atomic E-state index is 10.6. The summed E-state index contributed by atoms with van der Waals surface area (Å²) >= 11 is 0. The number of carbonyl (C=O) groups excluding carboxylic acids is 1. The lowest BCUT2D eigenvalue weighted by Crippen LogP contribution is -1.93. The molecule has 1 aliphatic heterocycles. The molecule has 15 heavy (non-hydrogen) atoms. The van der Waals surface area contributed by atoms with Crippen molar-refractivity contribution in [3.63, 3.8) is 0 Å². The summed E-state index contributed by atoms with van der Waals surface area (Å²) in [7, 11) is 0. The van der Waals surface area contributed by atoms with Gasteiger partial charge in [0.25, 0.3) is 0 Å². The lowest BCUT2D eigenvalue weighted by atomic mass is 10.00. The van der Waals surface area contributed by atoms with Crippen molar-refractivity contribution in [2.45, 2.75) is 0 Å². The Labute approximate surface area is 88.2 Å². The number of hydrogen-bond acceptors (Lipinski definition) is 2. The summed E-state index contributed by atoms with van der Waals surface area (Å²) in [5, 5.41) is 0. The van der Waals surface area contributed by atoms with Crippen molar-refractivity contribution < 1.29 is 9.53 Å². The van der Waals surface area contributed by atoms with Gasteiger partial charge in [0.2, 0.25) is 0 Å². The fraction of sp³-hybridized carbons (Fsp3) is 0. The Balaban J connectivity index is 2.53. The van der Waals surface area contributed by atoms with Crippen LogP contribution in [0.2, 0.25) is 0 Å². The van der Waals surface area contributed by atoms with Crippen molar-refractivity contribution in [1.82, 2.24) is 0 Å². The van der Waals surface area contributed by atoms with E-state index in [0.29, 0.717) is 6.29 Å². The van der Waals surface area contributed by atoms with Crippen molar-refractivity contribution in [2.24, 2.45) is 0 Å². The van der Waals surface area contributed by atoms with Crippen LogP contribution in [0.4, 0.5) is 0 Å². The SMILES string of the molecule is C=C1/C=C(/C=O)O/C=C\c2ccccc21. The lowest BCUT2D eigenvalue weighted by Gasteiger charge is -2.09. The van der Waals surface area contributed by atoms with Crippen LogP contribution < -0.4 is 0 Å². The minimum Gasteiger partial charge on any atom is -0.462 e. The van der Waals surface area contributed by atoms with Crippen molar-refractivity contribution in [2.75, 3.05) is 0 Å². The highest BCUT2D eigenvalue weighted by Gasteiger charge is 2.06. The van der Waals surface area contributed by atoms with Gasteiger partial charge in [-0.25, -0.2) is 0 Å². The fourth-order valence-corrected chi connectivity index (χ4v) is 1.47. The number of aldehydes is 1. The molecule has 0 aromatic heterocycles. The highest BCUT2D eigenvalue weighted by atomic mass is 16.5. The zero-order valence-electron chi connectivity index (χ0n) is 8.14. The molecule has 0 unspecified atom stereocenters. The molecule has 0 saturated heterocycles. The number of fused-ring (bicyclic) bond motifs is 1. The van der Waals surface area contributed by atoms with E-state index in [9.17, 15) is 4.79 Å². The van der Waals surface area contributed by atoms with Gasteiger partial charge in [0, 0.05) is 0 Å². The maximum Gasteiger partial charge on any atom is 0.185 e. The molecule has 1 aromatic carbocycles. The van der Waals surface area contributed by atoms with Gasteiger partial charge in [-0.3, -0.25) is 4.79 Å². The number of allylic oxidation sites excluding steroid dienone is 3. The van der Waals surface area contributed by atoms with Crippen molar-refractivity contribution in [3.05, 3.63) is 60.1 Å². The van der Waals surface area contributed by atoms with Gasteiger partial charge in [-0.1, -0.05) is 30.8 Å². The van der Waals surface area contributed by atoms with E-state index in [1.807, 2.05) is 30.3 Å². The highest BCUT2D eigenvalue weighted by Crippen LogP contribution is 2.23. The largest absolute Gasteiger partial charge is 0.462 e. The quantitative estimate of drug-likeness (QED) is 0.648. The molecule has 0 radical (unpaired) electrons. The van der Waals surface area contributed by atoms with E-state index in [2.05, 4.69) is 6.58 Å². The summed E-state index contributed by atoms with van der Waals surface area (Å²) < 4.78 is 5.11. The normalized spacial score (nSPS) is 20.0. The van der Waals surface area contributed by atoms with Gasteiger partial charge in [-0.05, 0) is 28.9 Å². The van der Waals surface area contributed by atoms with Gasteiger partial charge in [-0.15, -0.1) is 0 Å². The third-order valence-corrected chi connectivity index (χ3v) is 2.19. The number of hydrogen-bond donors (Lipinski definition) is 0. The minimum atomic E-state index is 0.269. The maximum absolute atomic E-state index is 10.6. The smallest absolute Gasteiger partial charge is 0.185 e. The second kappa shape index (κ2) is 3.96. The number of carbonyl (C=O) groups is 1. The molecule has 0 bridgehead atoms. The standard InChI is InChI=1S/C13H10O2/c1-10-8-12(9-14)15-7-6-11-4-2-3-5-13(10)11/h2-9H,1H2/b7-6-,12-8-. The molecular formula is C13H10O2. The molecule has 0 amide bonds. The molecule has 0 atom stereocenters. The summed E-state index contributed by atoms with van der Waals surface area (Å²) in [6.07, 6.45) is 5.63. The molecule has 1 heterocycles. The third-order valence-electron chi connectivity index (χ3n) is 2.19. The van der Waals surface area contributed by atoms with Gasteiger partial charge in [0.05, 0.1) is 6.26 Å². The van der Waals surface area contributed by atoms with Crippen LogP contribution in [0.5, 0.6) is 0 Å². The third kappa shape index (κ3) is 1.89. The van der Waals surface area contributed by atoms with Crippen LogP contribution in [-0.4, -0.2) is 6.29 Å². The number of ether oxygens (including phenoxy) is 1. The summed E-state index contributed by atoms with van der Waals surface area (Å²) in [6, 6.07) is 7.82. The van der Waals surface area contributed by atoms with Crippen LogP contribution in [0.15, 0.2) is 48.9 Å². The van der Waals surface area contributed by atoms with Crippen LogP contribution in [-0.2, 0) is 9.53 Å². The number of benzene rings is 1. The van der Waals surface area contributed by atoms with E-state index < -0.39 is 0 Å².